The van der Waals surface area contributed by atoms with Crippen molar-refractivity contribution < 1.29 is 19.5 Å². The van der Waals surface area contributed by atoms with Gasteiger partial charge in [0.15, 0.2) is 0 Å². The molecule has 4 N–H and O–H groups in total. The number of nitrogens with zero attached hydrogens (tertiary/aromatic N) is 1. The fraction of sp³-hybridized carbons (Fsp3) is 0.471. The summed E-state index contributed by atoms with van der Waals surface area (Å²) in [5.41, 5.74) is 0.535. The molecule has 2 unspecified atom stereocenters. The summed E-state index contributed by atoms with van der Waals surface area (Å²) in [5.74, 6) is -0.292. The van der Waals surface area contributed by atoms with Crippen LogP contribution in [0.15, 0.2) is 24.3 Å². The highest BCUT2D eigenvalue weighted by Gasteiger charge is 2.43. The summed E-state index contributed by atoms with van der Waals surface area (Å²) in [7, 11) is 0. The number of fused-ring (bicyclic) bond motifs is 2. The van der Waals surface area contributed by atoms with Crippen LogP contribution in [0.2, 0.25) is 5.02 Å². The Morgan fingerprint density at radius 3 is 2.50 bits per heavy atom. The minimum absolute atomic E-state index is 0.0318. The highest BCUT2D eigenvalue weighted by atomic mass is 35.5. The van der Waals surface area contributed by atoms with Gasteiger partial charge in [0.25, 0.3) is 0 Å². The molecule has 2 atom stereocenters. The number of hydrogen-bond donors (Lipinski definition) is 4. The Balaban J connectivity index is 1.42. The van der Waals surface area contributed by atoms with Crippen LogP contribution < -0.4 is 16.0 Å². The van der Waals surface area contributed by atoms with Crippen molar-refractivity contribution in [1.82, 2.24) is 15.5 Å². The standard InChI is InChI=1S/C17H21ClN4O4/c18-10-2-1-3-11(6-10)21-16(24)19-9-15(23)20-12-7-13-4-5-14(8-12)22(13)17(25)26/h1-3,6,12-14H,4-5,7-9H2,(H,20,23)(H,25,26)(H2,19,21,24). The number of anilines is 1. The third-order valence-electron chi connectivity index (χ3n) is 4.81. The van der Waals surface area contributed by atoms with Gasteiger partial charge in [0.1, 0.15) is 0 Å². The van der Waals surface area contributed by atoms with Gasteiger partial charge >= 0.3 is 12.1 Å². The molecule has 26 heavy (non-hydrogen) atoms. The molecule has 4 amide bonds. The first-order chi connectivity index (χ1) is 12.4. The van der Waals surface area contributed by atoms with E-state index in [0.29, 0.717) is 23.6 Å². The van der Waals surface area contributed by atoms with Gasteiger partial charge in [-0.25, -0.2) is 9.59 Å². The Morgan fingerprint density at radius 1 is 1.19 bits per heavy atom. The lowest BCUT2D eigenvalue weighted by atomic mass is 9.98. The molecule has 1 aromatic rings. The van der Waals surface area contributed by atoms with Crippen molar-refractivity contribution in [3.63, 3.8) is 0 Å². The zero-order valence-electron chi connectivity index (χ0n) is 14.1. The maximum absolute atomic E-state index is 12.1. The van der Waals surface area contributed by atoms with Crippen LogP contribution in [0.5, 0.6) is 0 Å². The molecule has 3 rings (SSSR count). The van der Waals surface area contributed by atoms with Gasteiger partial charge in [0.05, 0.1) is 6.54 Å². The van der Waals surface area contributed by atoms with Crippen LogP contribution in [-0.4, -0.2) is 52.7 Å². The minimum atomic E-state index is -0.887. The molecule has 140 valence electrons. The predicted octanol–water partition coefficient (Wildman–Crippen LogP) is 2.25. The predicted molar refractivity (Wildman–Crippen MR) is 96.3 cm³/mol. The summed E-state index contributed by atoms with van der Waals surface area (Å²) in [6.45, 7) is -0.152. The molecule has 2 fully saturated rings. The smallest absolute Gasteiger partial charge is 0.407 e. The average Bonchev–Trinajstić information content (AvgIpc) is 2.85. The number of rotatable bonds is 4. The average molecular weight is 381 g/mol. The summed E-state index contributed by atoms with van der Waals surface area (Å²) in [5, 5.41) is 17.7. The van der Waals surface area contributed by atoms with Gasteiger partial charge in [-0.3, -0.25) is 4.79 Å². The number of amides is 4. The molecular formula is C17H21ClN4O4. The Kier molecular flexibility index (Phi) is 5.51. The van der Waals surface area contributed by atoms with Gasteiger partial charge < -0.3 is 26.0 Å². The van der Waals surface area contributed by atoms with Crippen LogP contribution in [0.25, 0.3) is 0 Å². The molecule has 1 aromatic carbocycles. The van der Waals surface area contributed by atoms with Gasteiger partial charge in [0, 0.05) is 28.8 Å². The number of benzene rings is 1. The molecule has 9 heteroatoms. The summed E-state index contributed by atoms with van der Waals surface area (Å²) in [6, 6.07) is 6.08. The van der Waals surface area contributed by atoms with Crippen molar-refractivity contribution in [2.45, 2.75) is 43.8 Å². The molecule has 0 aromatic heterocycles. The Labute approximate surface area is 155 Å². The lowest BCUT2D eigenvalue weighted by molar-refractivity contribution is -0.121. The number of piperidine rings is 1. The lowest BCUT2D eigenvalue weighted by Crippen LogP contribution is -2.53. The number of carbonyl (C=O) groups excluding carboxylic acids is 2. The number of carbonyl (C=O) groups is 3. The first-order valence-corrected chi connectivity index (χ1v) is 8.91. The largest absolute Gasteiger partial charge is 0.465 e. The van der Waals surface area contributed by atoms with E-state index in [2.05, 4.69) is 16.0 Å². The van der Waals surface area contributed by atoms with Gasteiger partial charge in [-0.15, -0.1) is 0 Å². The molecule has 2 aliphatic heterocycles. The van der Waals surface area contributed by atoms with Gasteiger partial charge in [0.2, 0.25) is 5.91 Å². The Bertz CT molecular complexity index is 700. The van der Waals surface area contributed by atoms with E-state index < -0.39 is 12.1 Å². The fourth-order valence-electron chi connectivity index (χ4n) is 3.79. The van der Waals surface area contributed by atoms with Crippen LogP contribution >= 0.6 is 11.6 Å². The van der Waals surface area contributed by atoms with E-state index in [-0.39, 0.29) is 30.6 Å². The van der Waals surface area contributed by atoms with Crippen LogP contribution in [0.3, 0.4) is 0 Å². The lowest BCUT2D eigenvalue weighted by Gasteiger charge is -2.37. The highest BCUT2D eigenvalue weighted by molar-refractivity contribution is 6.30. The van der Waals surface area contributed by atoms with E-state index in [1.165, 1.54) is 4.90 Å². The Morgan fingerprint density at radius 2 is 1.88 bits per heavy atom. The van der Waals surface area contributed by atoms with E-state index in [4.69, 9.17) is 11.6 Å². The molecule has 2 saturated heterocycles. The number of halogens is 1. The molecule has 8 nitrogen and oxygen atoms in total. The van der Waals surface area contributed by atoms with E-state index in [1.807, 2.05) is 0 Å². The molecule has 0 radical (unpaired) electrons. The summed E-state index contributed by atoms with van der Waals surface area (Å²) in [4.78, 5) is 36.7. The summed E-state index contributed by atoms with van der Waals surface area (Å²) >= 11 is 5.85. The first kappa shape index (κ1) is 18.3. The van der Waals surface area contributed by atoms with Crippen molar-refractivity contribution in [3.05, 3.63) is 29.3 Å². The Hall–Kier alpha value is -2.48. The molecule has 0 spiro atoms. The number of urea groups is 1. The third kappa shape index (κ3) is 4.37. The second-order valence-corrected chi connectivity index (χ2v) is 7.07. The quantitative estimate of drug-likeness (QED) is 0.642. The van der Waals surface area contributed by atoms with Crippen molar-refractivity contribution in [2.75, 3.05) is 11.9 Å². The molecule has 0 aliphatic carbocycles. The number of carboxylic acid groups (broad SMARTS) is 1. The monoisotopic (exact) mass is 380 g/mol. The van der Waals surface area contributed by atoms with Gasteiger partial charge in [-0.1, -0.05) is 17.7 Å². The molecule has 0 saturated carbocycles. The SMILES string of the molecule is O=C(CNC(=O)Nc1cccc(Cl)c1)NC1CC2CCC(C1)N2C(=O)O. The minimum Gasteiger partial charge on any atom is -0.465 e. The topological polar surface area (TPSA) is 111 Å². The maximum atomic E-state index is 12.1. The third-order valence-corrected chi connectivity index (χ3v) is 5.05. The number of hydrogen-bond acceptors (Lipinski definition) is 3. The summed E-state index contributed by atoms with van der Waals surface area (Å²) < 4.78 is 0. The number of nitrogens with one attached hydrogen (secondary N) is 3. The fourth-order valence-corrected chi connectivity index (χ4v) is 3.98. The van der Waals surface area contributed by atoms with E-state index in [9.17, 15) is 19.5 Å². The zero-order chi connectivity index (χ0) is 18.7. The van der Waals surface area contributed by atoms with E-state index in [1.54, 1.807) is 24.3 Å². The molecular weight excluding hydrogens is 360 g/mol. The maximum Gasteiger partial charge on any atom is 0.407 e. The van der Waals surface area contributed by atoms with E-state index >= 15 is 0 Å². The first-order valence-electron chi connectivity index (χ1n) is 8.53. The van der Waals surface area contributed by atoms with Crippen molar-refractivity contribution in [1.29, 1.82) is 0 Å². The van der Waals surface area contributed by atoms with Crippen molar-refractivity contribution in [3.8, 4) is 0 Å². The molecule has 2 aliphatic rings. The van der Waals surface area contributed by atoms with Gasteiger partial charge in [-0.05, 0) is 43.9 Å². The zero-order valence-corrected chi connectivity index (χ0v) is 14.8. The molecule has 2 bridgehead atoms. The van der Waals surface area contributed by atoms with Crippen LogP contribution in [0.4, 0.5) is 15.3 Å². The van der Waals surface area contributed by atoms with Crippen molar-refractivity contribution in [2.24, 2.45) is 0 Å². The molecule has 2 heterocycles. The van der Waals surface area contributed by atoms with Crippen molar-refractivity contribution >= 4 is 35.3 Å². The highest BCUT2D eigenvalue weighted by Crippen LogP contribution is 2.35. The second kappa shape index (κ2) is 7.82. The normalized spacial score (nSPS) is 24.0. The van der Waals surface area contributed by atoms with Crippen LogP contribution in [0.1, 0.15) is 25.7 Å². The second-order valence-electron chi connectivity index (χ2n) is 6.63. The van der Waals surface area contributed by atoms with E-state index in [0.717, 1.165) is 12.8 Å². The van der Waals surface area contributed by atoms with Crippen LogP contribution in [-0.2, 0) is 4.79 Å². The van der Waals surface area contributed by atoms with Gasteiger partial charge in [-0.2, -0.15) is 0 Å². The summed E-state index contributed by atoms with van der Waals surface area (Å²) in [6.07, 6.45) is 2.02. The van der Waals surface area contributed by atoms with Crippen LogP contribution in [0, 0.1) is 0 Å².